The number of amides is 1. The van der Waals surface area contributed by atoms with E-state index in [-0.39, 0.29) is 18.8 Å². The molecule has 0 aromatic carbocycles. The molecule has 1 N–H and O–H groups in total. The molecule has 11 heavy (non-hydrogen) atoms. The Labute approximate surface area is 65.8 Å². The average molecular weight is 159 g/mol. The summed E-state index contributed by atoms with van der Waals surface area (Å²) in [4.78, 5) is 12.4. The van der Waals surface area contributed by atoms with Gasteiger partial charge in [0.2, 0.25) is 0 Å². The Balaban J connectivity index is 2.34. The van der Waals surface area contributed by atoms with Gasteiger partial charge in [-0.1, -0.05) is 0 Å². The van der Waals surface area contributed by atoms with Crippen LogP contribution in [0.15, 0.2) is 0 Å². The first kappa shape index (κ1) is 8.33. The van der Waals surface area contributed by atoms with Crippen LogP contribution in [0.2, 0.25) is 0 Å². The first-order chi connectivity index (χ1) is 5.24. The molecule has 0 radical (unpaired) electrons. The van der Waals surface area contributed by atoms with E-state index in [0.29, 0.717) is 6.42 Å². The highest BCUT2D eigenvalue weighted by Crippen LogP contribution is 2.12. The maximum atomic E-state index is 10.9. The first-order valence-electron chi connectivity index (χ1n) is 3.76. The molecule has 1 saturated heterocycles. The van der Waals surface area contributed by atoms with Crippen molar-refractivity contribution in [1.82, 2.24) is 4.90 Å². The molecule has 1 atom stereocenters. The third-order valence-electron chi connectivity index (χ3n) is 1.82. The van der Waals surface area contributed by atoms with E-state index in [1.807, 2.05) is 0 Å². The fourth-order valence-electron chi connectivity index (χ4n) is 1.07. The number of ether oxygens (including phenoxy) is 1. The Hall–Kier alpha value is -0.770. The highest BCUT2D eigenvalue weighted by atomic mass is 16.6. The first-order valence-corrected chi connectivity index (χ1v) is 3.76. The van der Waals surface area contributed by atoms with E-state index in [9.17, 15) is 4.79 Å². The van der Waals surface area contributed by atoms with Gasteiger partial charge in [0.15, 0.2) is 0 Å². The zero-order chi connectivity index (χ0) is 8.27. The Morgan fingerprint density at radius 2 is 2.55 bits per heavy atom. The summed E-state index contributed by atoms with van der Waals surface area (Å²) in [5, 5.41) is 8.57. The number of nitrogens with zero attached hydrogens (tertiary/aromatic N) is 1. The Kier molecular flexibility index (Phi) is 2.70. The molecule has 0 spiro atoms. The van der Waals surface area contributed by atoms with E-state index in [4.69, 9.17) is 9.84 Å². The maximum absolute atomic E-state index is 10.9. The molecule has 1 aliphatic heterocycles. The molecule has 1 rings (SSSR count). The van der Waals surface area contributed by atoms with Crippen molar-refractivity contribution < 1.29 is 14.6 Å². The van der Waals surface area contributed by atoms with Crippen molar-refractivity contribution in [3.63, 3.8) is 0 Å². The van der Waals surface area contributed by atoms with Crippen molar-refractivity contribution in [3.05, 3.63) is 0 Å². The summed E-state index contributed by atoms with van der Waals surface area (Å²) in [6.07, 6.45) is 1.01. The molecular weight excluding hydrogens is 146 g/mol. The Morgan fingerprint density at radius 1 is 1.82 bits per heavy atom. The average Bonchev–Trinajstić information content (AvgIpc) is 1.98. The third kappa shape index (κ3) is 2.08. The highest BCUT2D eigenvalue weighted by Gasteiger charge is 2.23. The van der Waals surface area contributed by atoms with Crippen molar-refractivity contribution in [2.75, 3.05) is 20.2 Å². The van der Waals surface area contributed by atoms with Gasteiger partial charge in [0.05, 0.1) is 0 Å². The van der Waals surface area contributed by atoms with E-state index in [1.165, 1.54) is 4.90 Å². The number of aliphatic hydroxyl groups excluding tert-OH is 1. The van der Waals surface area contributed by atoms with Crippen LogP contribution in [0.3, 0.4) is 0 Å². The van der Waals surface area contributed by atoms with Crippen LogP contribution in [-0.4, -0.2) is 42.4 Å². The summed E-state index contributed by atoms with van der Waals surface area (Å²) in [6, 6.07) is 0. The maximum Gasteiger partial charge on any atom is 0.409 e. The fourth-order valence-corrected chi connectivity index (χ4v) is 1.07. The van der Waals surface area contributed by atoms with Crippen LogP contribution in [0.5, 0.6) is 0 Å². The van der Waals surface area contributed by atoms with Crippen molar-refractivity contribution in [2.45, 2.75) is 18.9 Å². The SMILES string of the molecule is CN1CCC(CCO)OC1=O. The normalized spacial score (nSPS) is 25.1. The molecule has 1 aliphatic rings. The number of hydrogen-bond acceptors (Lipinski definition) is 3. The summed E-state index contributed by atoms with van der Waals surface area (Å²) in [5.74, 6) is 0. The van der Waals surface area contributed by atoms with Crippen molar-refractivity contribution >= 4 is 6.09 Å². The summed E-state index contributed by atoms with van der Waals surface area (Å²) in [5.41, 5.74) is 0. The molecular formula is C7H13NO3. The summed E-state index contributed by atoms with van der Waals surface area (Å²) >= 11 is 0. The molecule has 64 valence electrons. The van der Waals surface area contributed by atoms with Gasteiger partial charge in [-0.15, -0.1) is 0 Å². The lowest BCUT2D eigenvalue weighted by atomic mass is 10.1. The van der Waals surface area contributed by atoms with Gasteiger partial charge >= 0.3 is 6.09 Å². The second kappa shape index (κ2) is 3.57. The molecule has 1 amide bonds. The van der Waals surface area contributed by atoms with E-state index in [0.717, 1.165) is 13.0 Å². The molecule has 0 aromatic rings. The van der Waals surface area contributed by atoms with E-state index < -0.39 is 0 Å². The minimum atomic E-state index is -0.283. The van der Waals surface area contributed by atoms with Gasteiger partial charge in [-0.2, -0.15) is 0 Å². The second-order valence-electron chi connectivity index (χ2n) is 2.73. The van der Waals surface area contributed by atoms with Crippen LogP contribution in [0, 0.1) is 0 Å². The van der Waals surface area contributed by atoms with Gasteiger partial charge in [-0.05, 0) is 0 Å². The number of hydrogen-bond donors (Lipinski definition) is 1. The zero-order valence-electron chi connectivity index (χ0n) is 6.62. The number of carbonyl (C=O) groups excluding carboxylic acids is 1. The monoisotopic (exact) mass is 159 g/mol. The standard InChI is InChI=1S/C7H13NO3/c1-8-4-2-6(3-5-9)11-7(8)10/h6,9H,2-5H2,1H3. The number of rotatable bonds is 2. The Bertz CT molecular complexity index is 149. The molecule has 0 aliphatic carbocycles. The molecule has 1 heterocycles. The molecule has 4 nitrogen and oxygen atoms in total. The third-order valence-corrected chi connectivity index (χ3v) is 1.82. The van der Waals surface area contributed by atoms with E-state index >= 15 is 0 Å². The minimum absolute atomic E-state index is 0.0799. The molecule has 1 fully saturated rings. The van der Waals surface area contributed by atoms with Gasteiger partial charge in [0.25, 0.3) is 0 Å². The van der Waals surface area contributed by atoms with Crippen LogP contribution < -0.4 is 0 Å². The van der Waals surface area contributed by atoms with Crippen LogP contribution in [0.1, 0.15) is 12.8 Å². The van der Waals surface area contributed by atoms with Crippen molar-refractivity contribution in [2.24, 2.45) is 0 Å². The topological polar surface area (TPSA) is 49.8 Å². The van der Waals surface area contributed by atoms with Gasteiger partial charge in [-0.25, -0.2) is 4.79 Å². The van der Waals surface area contributed by atoms with Crippen molar-refractivity contribution in [3.8, 4) is 0 Å². The quantitative estimate of drug-likeness (QED) is 0.626. The molecule has 0 aromatic heterocycles. The highest BCUT2D eigenvalue weighted by molar-refractivity contribution is 5.68. The van der Waals surface area contributed by atoms with Crippen LogP contribution >= 0.6 is 0 Å². The Morgan fingerprint density at radius 3 is 3.09 bits per heavy atom. The van der Waals surface area contributed by atoms with Gasteiger partial charge in [-0.3, -0.25) is 0 Å². The lowest BCUT2D eigenvalue weighted by Gasteiger charge is -2.28. The lowest BCUT2D eigenvalue weighted by molar-refractivity contribution is 0.0220. The number of cyclic esters (lactones) is 1. The van der Waals surface area contributed by atoms with E-state index in [2.05, 4.69) is 0 Å². The predicted octanol–water partition coefficient (Wildman–Crippen LogP) is 0.210. The molecule has 1 unspecified atom stereocenters. The van der Waals surface area contributed by atoms with E-state index in [1.54, 1.807) is 7.05 Å². The van der Waals surface area contributed by atoms with Crippen LogP contribution in [-0.2, 0) is 4.74 Å². The van der Waals surface area contributed by atoms with Crippen molar-refractivity contribution in [1.29, 1.82) is 0 Å². The predicted molar refractivity (Wildman–Crippen MR) is 39.2 cm³/mol. The van der Waals surface area contributed by atoms with Gasteiger partial charge in [0.1, 0.15) is 6.10 Å². The number of aliphatic hydroxyl groups is 1. The van der Waals surface area contributed by atoms with Crippen LogP contribution in [0.25, 0.3) is 0 Å². The number of carbonyl (C=O) groups is 1. The summed E-state index contributed by atoms with van der Waals surface area (Å²) in [7, 11) is 1.71. The van der Waals surface area contributed by atoms with Gasteiger partial charge < -0.3 is 14.7 Å². The minimum Gasteiger partial charge on any atom is -0.446 e. The molecule has 0 saturated carbocycles. The fraction of sp³-hybridized carbons (Fsp3) is 0.857. The summed E-state index contributed by atoms with van der Waals surface area (Å²) in [6.45, 7) is 0.811. The molecule has 4 heteroatoms. The zero-order valence-corrected chi connectivity index (χ0v) is 6.62. The van der Waals surface area contributed by atoms with Gasteiger partial charge in [0, 0.05) is 33.0 Å². The summed E-state index contributed by atoms with van der Waals surface area (Å²) < 4.78 is 4.97. The second-order valence-corrected chi connectivity index (χ2v) is 2.73. The largest absolute Gasteiger partial charge is 0.446 e. The van der Waals surface area contributed by atoms with Crippen LogP contribution in [0.4, 0.5) is 4.79 Å². The smallest absolute Gasteiger partial charge is 0.409 e. The lowest BCUT2D eigenvalue weighted by Crippen LogP contribution is -2.39. The molecule has 0 bridgehead atoms.